The van der Waals surface area contributed by atoms with Crippen molar-refractivity contribution in [2.24, 2.45) is 0 Å². The fourth-order valence-corrected chi connectivity index (χ4v) is 1.92. The highest BCUT2D eigenvalue weighted by Gasteiger charge is 2.04. The maximum atomic E-state index is 11.5. The first-order chi connectivity index (χ1) is 8.52. The summed E-state index contributed by atoms with van der Waals surface area (Å²) in [6, 6.07) is 5.32. The van der Waals surface area contributed by atoms with Crippen molar-refractivity contribution >= 4 is 39.1 Å². The molecule has 0 heterocycles. The van der Waals surface area contributed by atoms with Crippen LogP contribution in [0.1, 0.15) is 13.3 Å². The van der Waals surface area contributed by atoms with Gasteiger partial charge in [-0.1, -0.05) is 25.1 Å². The van der Waals surface area contributed by atoms with Crippen LogP contribution < -0.4 is 16.2 Å². The summed E-state index contributed by atoms with van der Waals surface area (Å²) >= 11 is 9.19. The lowest BCUT2D eigenvalue weighted by atomic mass is 10.3. The summed E-state index contributed by atoms with van der Waals surface area (Å²) in [7, 11) is 0. The first-order valence-corrected chi connectivity index (χ1v) is 6.61. The van der Waals surface area contributed by atoms with Crippen molar-refractivity contribution in [1.82, 2.24) is 10.9 Å². The molecule has 1 amide bonds. The average molecular weight is 333 g/mol. The molecule has 0 aliphatic rings. The second-order valence-corrected chi connectivity index (χ2v) is 4.90. The zero-order chi connectivity index (χ0) is 13.5. The molecule has 98 valence electrons. The fraction of sp³-hybridized carbons (Fsp3) is 0.250. The largest absolute Gasteiger partial charge is 0.375 e. The molecule has 0 saturated heterocycles. The standard InChI is InChI=1S/C12H15BrClN3O/c1-3-8(2)16-17-12(18)7-15-11-5-4-9(14)6-10(11)13/h4-6,15-16H,2-3,7H2,1H3,(H,17,18). The number of anilines is 1. The van der Waals surface area contributed by atoms with Crippen LogP contribution in [0.3, 0.4) is 0 Å². The maximum Gasteiger partial charge on any atom is 0.257 e. The topological polar surface area (TPSA) is 53.2 Å². The van der Waals surface area contributed by atoms with E-state index in [1.54, 1.807) is 18.2 Å². The molecule has 4 nitrogen and oxygen atoms in total. The van der Waals surface area contributed by atoms with Crippen LogP contribution in [0.4, 0.5) is 5.69 Å². The minimum Gasteiger partial charge on any atom is -0.375 e. The predicted octanol–water partition coefficient (Wildman–Crippen LogP) is 3.06. The van der Waals surface area contributed by atoms with Gasteiger partial charge in [0.15, 0.2) is 0 Å². The summed E-state index contributed by atoms with van der Waals surface area (Å²) < 4.78 is 0.814. The van der Waals surface area contributed by atoms with E-state index in [9.17, 15) is 4.79 Å². The number of hydrazine groups is 1. The third kappa shape index (κ3) is 4.98. The van der Waals surface area contributed by atoms with Crippen molar-refractivity contribution in [2.45, 2.75) is 13.3 Å². The van der Waals surface area contributed by atoms with Gasteiger partial charge in [-0.15, -0.1) is 0 Å². The monoisotopic (exact) mass is 331 g/mol. The Labute approximate surface area is 120 Å². The van der Waals surface area contributed by atoms with Gasteiger partial charge < -0.3 is 10.7 Å². The van der Waals surface area contributed by atoms with E-state index >= 15 is 0 Å². The molecule has 0 saturated carbocycles. The highest BCUT2D eigenvalue weighted by Crippen LogP contribution is 2.25. The lowest BCUT2D eigenvalue weighted by Gasteiger charge is -2.11. The molecule has 3 N–H and O–H groups in total. The lowest BCUT2D eigenvalue weighted by molar-refractivity contribution is -0.120. The number of rotatable bonds is 6. The minimum atomic E-state index is -0.175. The van der Waals surface area contributed by atoms with E-state index in [0.29, 0.717) is 5.02 Å². The number of halogens is 2. The second kappa shape index (κ2) is 7.28. The zero-order valence-corrected chi connectivity index (χ0v) is 12.4. The summed E-state index contributed by atoms with van der Waals surface area (Å²) in [5.41, 5.74) is 6.84. The Hall–Kier alpha value is -1.20. The number of amides is 1. The van der Waals surface area contributed by atoms with E-state index in [0.717, 1.165) is 22.3 Å². The van der Waals surface area contributed by atoms with E-state index in [4.69, 9.17) is 11.6 Å². The molecule has 0 unspecified atom stereocenters. The Balaban J connectivity index is 2.40. The fourth-order valence-electron chi connectivity index (χ4n) is 1.10. The van der Waals surface area contributed by atoms with E-state index in [1.807, 2.05) is 6.92 Å². The second-order valence-electron chi connectivity index (χ2n) is 3.61. The number of benzene rings is 1. The van der Waals surface area contributed by atoms with Crippen molar-refractivity contribution in [2.75, 3.05) is 11.9 Å². The van der Waals surface area contributed by atoms with Gasteiger partial charge in [-0.2, -0.15) is 0 Å². The molecule has 1 aromatic rings. The molecule has 0 aromatic heterocycles. The summed E-state index contributed by atoms with van der Waals surface area (Å²) in [6.07, 6.45) is 0.760. The molecule has 0 atom stereocenters. The number of allylic oxidation sites excluding steroid dienone is 1. The smallest absolute Gasteiger partial charge is 0.257 e. The molecule has 0 aliphatic carbocycles. The first kappa shape index (κ1) is 14.9. The molecule has 0 radical (unpaired) electrons. The molecule has 18 heavy (non-hydrogen) atoms. The van der Waals surface area contributed by atoms with Gasteiger partial charge >= 0.3 is 0 Å². The van der Waals surface area contributed by atoms with E-state index in [2.05, 4.69) is 38.7 Å². The molecule has 6 heteroatoms. The molecular weight excluding hydrogens is 318 g/mol. The highest BCUT2D eigenvalue weighted by atomic mass is 79.9. The van der Waals surface area contributed by atoms with E-state index in [1.165, 1.54) is 0 Å². The van der Waals surface area contributed by atoms with Gasteiger partial charge in [-0.05, 0) is 40.5 Å². The summed E-state index contributed by atoms with van der Waals surface area (Å²) in [5.74, 6) is -0.175. The van der Waals surface area contributed by atoms with Crippen LogP contribution in [0, 0.1) is 0 Å². The Morgan fingerprint density at radius 2 is 2.17 bits per heavy atom. The van der Waals surface area contributed by atoms with E-state index < -0.39 is 0 Å². The minimum absolute atomic E-state index is 0.157. The van der Waals surface area contributed by atoms with Crippen LogP contribution in [-0.2, 0) is 4.79 Å². The Morgan fingerprint density at radius 3 is 2.78 bits per heavy atom. The van der Waals surface area contributed by atoms with Crippen LogP contribution in [0.25, 0.3) is 0 Å². The Morgan fingerprint density at radius 1 is 1.44 bits per heavy atom. The van der Waals surface area contributed by atoms with Gasteiger partial charge in [-0.3, -0.25) is 10.2 Å². The Bertz CT molecular complexity index is 451. The SMILES string of the molecule is C=C(CC)NNC(=O)CNc1ccc(Cl)cc1Br. The van der Waals surface area contributed by atoms with Crippen LogP contribution in [0.15, 0.2) is 34.9 Å². The number of carbonyl (C=O) groups is 1. The summed E-state index contributed by atoms with van der Waals surface area (Å²) in [6.45, 7) is 5.82. The third-order valence-electron chi connectivity index (χ3n) is 2.18. The van der Waals surface area contributed by atoms with Crippen molar-refractivity contribution < 1.29 is 4.79 Å². The van der Waals surface area contributed by atoms with Gasteiger partial charge in [0.05, 0.1) is 6.54 Å². The van der Waals surface area contributed by atoms with E-state index in [-0.39, 0.29) is 12.5 Å². The summed E-state index contributed by atoms with van der Waals surface area (Å²) in [4.78, 5) is 11.5. The number of nitrogens with one attached hydrogen (secondary N) is 3. The first-order valence-electron chi connectivity index (χ1n) is 5.44. The highest BCUT2D eigenvalue weighted by molar-refractivity contribution is 9.10. The maximum absolute atomic E-state index is 11.5. The number of hydrogen-bond acceptors (Lipinski definition) is 3. The quantitative estimate of drug-likeness (QED) is 0.702. The molecular formula is C12H15BrClN3O. The van der Waals surface area contributed by atoms with Crippen LogP contribution >= 0.6 is 27.5 Å². The molecule has 0 fully saturated rings. The van der Waals surface area contributed by atoms with Gasteiger partial charge in [0.2, 0.25) is 0 Å². The van der Waals surface area contributed by atoms with Crippen LogP contribution in [0.2, 0.25) is 5.02 Å². The van der Waals surface area contributed by atoms with Crippen LogP contribution in [0.5, 0.6) is 0 Å². The van der Waals surface area contributed by atoms with Crippen molar-refractivity contribution in [3.05, 3.63) is 40.0 Å². The molecule has 0 aliphatic heterocycles. The van der Waals surface area contributed by atoms with Crippen molar-refractivity contribution in [1.29, 1.82) is 0 Å². The number of hydrogen-bond donors (Lipinski definition) is 3. The molecule has 1 aromatic carbocycles. The van der Waals surface area contributed by atoms with Crippen LogP contribution in [-0.4, -0.2) is 12.5 Å². The van der Waals surface area contributed by atoms with Gasteiger partial charge in [0.1, 0.15) is 0 Å². The van der Waals surface area contributed by atoms with Crippen molar-refractivity contribution in [3.8, 4) is 0 Å². The molecule has 1 rings (SSSR count). The normalized spacial score (nSPS) is 9.72. The van der Waals surface area contributed by atoms with Gasteiger partial charge in [0.25, 0.3) is 5.91 Å². The summed E-state index contributed by atoms with van der Waals surface area (Å²) in [5, 5.41) is 3.63. The zero-order valence-electron chi connectivity index (χ0n) is 10.0. The molecule has 0 spiro atoms. The third-order valence-corrected chi connectivity index (χ3v) is 3.07. The Kier molecular flexibility index (Phi) is 6.01. The lowest BCUT2D eigenvalue weighted by Crippen LogP contribution is -2.39. The average Bonchev–Trinajstić information content (AvgIpc) is 2.34. The number of carbonyl (C=O) groups excluding carboxylic acids is 1. The van der Waals surface area contributed by atoms with Gasteiger partial charge in [0, 0.05) is 20.9 Å². The van der Waals surface area contributed by atoms with Crippen molar-refractivity contribution in [3.63, 3.8) is 0 Å². The molecule has 0 bridgehead atoms. The predicted molar refractivity (Wildman–Crippen MR) is 78.4 cm³/mol. The van der Waals surface area contributed by atoms with Gasteiger partial charge in [-0.25, -0.2) is 0 Å².